The van der Waals surface area contributed by atoms with Crippen molar-refractivity contribution in [3.63, 3.8) is 0 Å². The molecule has 2 aromatic carbocycles. The fourth-order valence-corrected chi connectivity index (χ4v) is 1.77. The molecule has 0 atom stereocenters. The lowest BCUT2D eigenvalue weighted by Crippen LogP contribution is -2.21. The summed E-state index contributed by atoms with van der Waals surface area (Å²) in [7, 11) is 0. The first-order valence-electron chi connectivity index (χ1n) is 6.15. The molecule has 3 aromatic rings. The maximum absolute atomic E-state index is 10.6. The largest absolute Gasteiger partial charge is 0.490 e. The summed E-state index contributed by atoms with van der Waals surface area (Å²) in [6.45, 7) is 0. The summed E-state index contributed by atoms with van der Waals surface area (Å²) in [6.07, 6.45) is -1.55. The fourth-order valence-electron chi connectivity index (χ4n) is 1.77. The summed E-state index contributed by atoms with van der Waals surface area (Å²) in [5, 5.41) is 9.64. The molecule has 3 rings (SSSR count). The Balaban J connectivity index is 0.000000217. The summed E-state index contributed by atoms with van der Waals surface area (Å²) in [4.78, 5) is 16.0. The van der Waals surface area contributed by atoms with E-state index in [1.165, 1.54) is 16.3 Å². The smallest absolute Gasteiger partial charge is 0.475 e. The molecule has 0 amide bonds. The normalized spacial score (nSPS) is 10.9. The third kappa shape index (κ3) is 3.85. The molecule has 0 spiro atoms. The van der Waals surface area contributed by atoms with Crippen LogP contribution in [0.4, 0.5) is 13.2 Å². The van der Waals surface area contributed by atoms with Crippen molar-refractivity contribution in [2.24, 2.45) is 0 Å². The van der Waals surface area contributed by atoms with E-state index in [1.54, 1.807) is 6.33 Å². The summed E-state index contributed by atoms with van der Waals surface area (Å²) in [5.41, 5.74) is 2.23. The Morgan fingerprint density at radius 1 is 1.09 bits per heavy atom. The Labute approximate surface area is 123 Å². The van der Waals surface area contributed by atoms with Crippen molar-refractivity contribution >= 4 is 16.7 Å². The van der Waals surface area contributed by atoms with Gasteiger partial charge in [-0.25, -0.2) is 9.78 Å². The molecule has 0 radical (unpaired) electrons. The number of halogens is 3. The average Bonchev–Trinajstić information content (AvgIpc) is 3.00. The second kappa shape index (κ2) is 6.30. The van der Waals surface area contributed by atoms with E-state index in [-0.39, 0.29) is 0 Å². The van der Waals surface area contributed by atoms with Crippen LogP contribution < -0.4 is 0 Å². The minimum atomic E-state index is -5.08. The van der Waals surface area contributed by atoms with E-state index in [0.29, 0.717) is 0 Å². The summed E-state index contributed by atoms with van der Waals surface area (Å²) >= 11 is 0. The first kappa shape index (κ1) is 15.6. The molecule has 7 heteroatoms. The number of imidazole rings is 1. The first-order chi connectivity index (χ1) is 10.4. The molecule has 1 aromatic heterocycles. The lowest BCUT2D eigenvalue weighted by atomic mass is 10.1. The van der Waals surface area contributed by atoms with Gasteiger partial charge >= 0.3 is 12.1 Å². The molecule has 0 aliphatic rings. The zero-order valence-electron chi connectivity index (χ0n) is 11.1. The standard InChI is InChI=1S/C13H10N2.C2HF3O2/c1-2-4-11-7-12(6-5-10(11)3-1)13-8-14-9-15-13;3-2(4,5)1(6)7/h1-9H,(H,14,15);(H,6,7). The van der Waals surface area contributed by atoms with E-state index in [2.05, 4.69) is 52.4 Å². The summed E-state index contributed by atoms with van der Waals surface area (Å²) < 4.78 is 31.7. The number of nitrogens with zero attached hydrogens (tertiary/aromatic N) is 1. The molecule has 0 saturated heterocycles. The van der Waals surface area contributed by atoms with Crippen LogP contribution in [-0.4, -0.2) is 27.2 Å². The number of carboxylic acids is 1. The third-order valence-electron chi connectivity index (χ3n) is 2.80. The number of benzene rings is 2. The molecule has 0 bridgehead atoms. The van der Waals surface area contributed by atoms with Gasteiger partial charge in [0.25, 0.3) is 0 Å². The van der Waals surface area contributed by atoms with Crippen molar-refractivity contribution in [2.45, 2.75) is 6.18 Å². The summed E-state index contributed by atoms with van der Waals surface area (Å²) in [5.74, 6) is -2.76. The van der Waals surface area contributed by atoms with Gasteiger partial charge < -0.3 is 10.1 Å². The molecular formula is C15H11F3N2O2. The number of H-pyrrole nitrogens is 1. The number of aliphatic carboxylic acids is 1. The SMILES string of the molecule is O=C(O)C(F)(F)F.c1ccc2cc(-c3cnc[nH]3)ccc2c1. The van der Waals surface area contributed by atoms with Crippen LogP contribution in [0.3, 0.4) is 0 Å². The maximum Gasteiger partial charge on any atom is 0.490 e. The highest BCUT2D eigenvalue weighted by atomic mass is 19.4. The number of hydrogen-bond donors (Lipinski definition) is 2. The average molecular weight is 308 g/mol. The lowest BCUT2D eigenvalue weighted by Gasteiger charge is -2.00. The van der Waals surface area contributed by atoms with Gasteiger partial charge in [0.05, 0.1) is 18.2 Å². The molecule has 0 unspecified atom stereocenters. The van der Waals surface area contributed by atoms with Crippen molar-refractivity contribution in [1.82, 2.24) is 9.97 Å². The molecular weight excluding hydrogens is 297 g/mol. The second-order valence-corrected chi connectivity index (χ2v) is 4.33. The monoisotopic (exact) mass is 308 g/mol. The third-order valence-corrected chi connectivity index (χ3v) is 2.80. The van der Waals surface area contributed by atoms with Crippen LogP contribution in [0.15, 0.2) is 55.0 Å². The highest BCUT2D eigenvalue weighted by molar-refractivity contribution is 5.86. The van der Waals surface area contributed by atoms with Crippen molar-refractivity contribution in [2.75, 3.05) is 0 Å². The number of aromatic nitrogens is 2. The lowest BCUT2D eigenvalue weighted by molar-refractivity contribution is -0.192. The van der Waals surface area contributed by atoms with E-state index in [4.69, 9.17) is 9.90 Å². The number of aromatic amines is 1. The van der Waals surface area contributed by atoms with Gasteiger partial charge in [0, 0.05) is 5.56 Å². The van der Waals surface area contributed by atoms with E-state index < -0.39 is 12.1 Å². The number of hydrogen-bond acceptors (Lipinski definition) is 2. The zero-order valence-corrected chi connectivity index (χ0v) is 11.1. The number of alkyl halides is 3. The Kier molecular flexibility index (Phi) is 4.45. The molecule has 0 aliphatic carbocycles. The number of nitrogens with one attached hydrogen (secondary N) is 1. The molecule has 0 aliphatic heterocycles. The van der Waals surface area contributed by atoms with Gasteiger partial charge in [0.2, 0.25) is 0 Å². The van der Waals surface area contributed by atoms with Crippen LogP contribution >= 0.6 is 0 Å². The first-order valence-corrected chi connectivity index (χ1v) is 6.15. The van der Waals surface area contributed by atoms with E-state index in [0.717, 1.165) is 5.69 Å². The molecule has 4 nitrogen and oxygen atoms in total. The molecule has 22 heavy (non-hydrogen) atoms. The van der Waals surface area contributed by atoms with Crippen molar-refractivity contribution < 1.29 is 23.1 Å². The van der Waals surface area contributed by atoms with Crippen LogP contribution in [0.1, 0.15) is 0 Å². The Morgan fingerprint density at radius 2 is 1.73 bits per heavy atom. The Morgan fingerprint density at radius 3 is 2.27 bits per heavy atom. The number of carboxylic acid groups (broad SMARTS) is 1. The van der Waals surface area contributed by atoms with Crippen molar-refractivity contribution in [3.8, 4) is 11.3 Å². The van der Waals surface area contributed by atoms with Crippen LogP contribution in [-0.2, 0) is 4.79 Å². The number of fused-ring (bicyclic) bond motifs is 1. The maximum atomic E-state index is 10.6. The molecule has 114 valence electrons. The van der Waals surface area contributed by atoms with E-state index in [1.807, 2.05) is 6.20 Å². The van der Waals surface area contributed by atoms with Gasteiger partial charge in [-0.3, -0.25) is 0 Å². The Hall–Kier alpha value is -2.83. The minimum Gasteiger partial charge on any atom is -0.475 e. The van der Waals surface area contributed by atoms with Gasteiger partial charge in [-0.05, 0) is 16.8 Å². The quantitative estimate of drug-likeness (QED) is 0.717. The predicted octanol–water partition coefficient (Wildman–Crippen LogP) is 3.86. The zero-order chi connectivity index (χ0) is 16.2. The topological polar surface area (TPSA) is 66.0 Å². The summed E-state index contributed by atoms with van der Waals surface area (Å²) in [6, 6.07) is 14.8. The van der Waals surface area contributed by atoms with Crippen LogP contribution in [0.2, 0.25) is 0 Å². The number of carbonyl (C=O) groups is 1. The molecule has 0 saturated carbocycles. The van der Waals surface area contributed by atoms with Crippen LogP contribution in [0, 0.1) is 0 Å². The molecule has 2 N–H and O–H groups in total. The van der Waals surface area contributed by atoms with Gasteiger partial charge in [-0.1, -0.05) is 36.4 Å². The second-order valence-electron chi connectivity index (χ2n) is 4.33. The van der Waals surface area contributed by atoms with Crippen LogP contribution in [0.5, 0.6) is 0 Å². The highest BCUT2D eigenvalue weighted by Gasteiger charge is 2.38. The van der Waals surface area contributed by atoms with Gasteiger partial charge in [-0.15, -0.1) is 0 Å². The molecule has 0 fully saturated rings. The Bertz CT molecular complexity index is 768. The predicted molar refractivity (Wildman–Crippen MR) is 75.2 cm³/mol. The van der Waals surface area contributed by atoms with Crippen molar-refractivity contribution in [3.05, 3.63) is 55.0 Å². The van der Waals surface area contributed by atoms with Gasteiger partial charge in [0.15, 0.2) is 0 Å². The van der Waals surface area contributed by atoms with Gasteiger partial charge in [0.1, 0.15) is 0 Å². The van der Waals surface area contributed by atoms with Gasteiger partial charge in [-0.2, -0.15) is 13.2 Å². The van der Waals surface area contributed by atoms with Crippen LogP contribution in [0.25, 0.3) is 22.0 Å². The highest BCUT2D eigenvalue weighted by Crippen LogP contribution is 2.22. The minimum absolute atomic E-state index is 1.06. The molecule has 1 heterocycles. The number of rotatable bonds is 1. The van der Waals surface area contributed by atoms with Crippen molar-refractivity contribution in [1.29, 1.82) is 0 Å². The van der Waals surface area contributed by atoms with E-state index >= 15 is 0 Å². The van der Waals surface area contributed by atoms with E-state index in [9.17, 15) is 13.2 Å². The fraction of sp³-hybridized carbons (Fsp3) is 0.0667.